The molecule has 1 aromatic carbocycles. The van der Waals surface area contributed by atoms with Crippen LogP contribution in [-0.4, -0.2) is 24.9 Å². The Morgan fingerprint density at radius 3 is 2.76 bits per heavy atom. The number of ketones is 1. The second kappa shape index (κ2) is 5.10. The normalized spacial score (nSPS) is 19.0. The van der Waals surface area contributed by atoms with E-state index in [-0.39, 0.29) is 17.6 Å². The molecule has 1 amide bonds. The summed E-state index contributed by atoms with van der Waals surface area (Å²) in [7, 11) is 0. The molecule has 1 fully saturated rings. The average molecular weight is 233 g/mol. The molecule has 90 valence electrons. The molecule has 17 heavy (non-hydrogen) atoms. The summed E-state index contributed by atoms with van der Waals surface area (Å²) in [5.41, 5.74) is 1.12. The Morgan fingerprint density at radius 2 is 2.12 bits per heavy atom. The first-order valence-electron chi connectivity index (χ1n) is 5.67. The number of para-hydroxylation sites is 1. The first-order valence-corrected chi connectivity index (χ1v) is 5.67. The summed E-state index contributed by atoms with van der Waals surface area (Å²) < 4.78 is 5.17. The van der Waals surface area contributed by atoms with E-state index in [9.17, 15) is 9.59 Å². The zero-order valence-corrected chi connectivity index (χ0v) is 9.73. The second-order valence-electron chi connectivity index (χ2n) is 4.15. The summed E-state index contributed by atoms with van der Waals surface area (Å²) in [6, 6.07) is 7.03. The molecule has 1 aromatic rings. The lowest BCUT2D eigenvalue weighted by atomic mass is 10.1. The minimum Gasteiger partial charge on any atom is -0.381 e. The molecule has 0 bridgehead atoms. The summed E-state index contributed by atoms with van der Waals surface area (Å²) in [5.74, 6) is -0.227. The fraction of sp³-hybridized carbons (Fsp3) is 0.385. The molecule has 1 aliphatic heterocycles. The van der Waals surface area contributed by atoms with Crippen LogP contribution in [0.5, 0.6) is 0 Å². The van der Waals surface area contributed by atoms with Crippen molar-refractivity contribution in [3.8, 4) is 0 Å². The third-order valence-electron chi connectivity index (χ3n) is 2.86. The predicted molar refractivity (Wildman–Crippen MR) is 64.0 cm³/mol. The number of hydrogen-bond acceptors (Lipinski definition) is 3. The van der Waals surface area contributed by atoms with Crippen molar-refractivity contribution in [2.45, 2.75) is 13.3 Å². The molecule has 0 spiro atoms. The molecule has 0 radical (unpaired) electrons. The highest BCUT2D eigenvalue weighted by molar-refractivity contribution is 6.04. The third kappa shape index (κ3) is 2.71. The molecular weight excluding hydrogens is 218 g/mol. The van der Waals surface area contributed by atoms with Gasteiger partial charge in [0.1, 0.15) is 0 Å². The van der Waals surface area contributed by atoms with Gasteiger partial charge < -0.3 is 10.1 Å². The van der Waals surface area contributed by atoms with Crippen LogP contribution in [0.4, 0.5) is 5.69 Å². The molecule has 0 saturated carbocycles. The summed E-state index contributed by atoms with van der Waals surface area (Å²) in [4.78, 5) is 23.3. The van der Waals surface area contributed by atoms with E-state index in [1.54, 1.807) is 24.3 Å². The van der Waals surface area contributed by atoms with Crippen LogP contribution in [0.2, 0.25) is 0 Å². The molecule has 0 aliphatic carbocycles. The number of nitrogens with one attached hydrogen (secondary N) is 1. The monoisotopic (exact) mass is 233 g/mol. The Balaban J connectivity index is 2.12. The van der Waals surface area contributed by atoms with Crippen molar-refractivity contribution in [2.75, 3.05) is 18.5 Å². The van der Waals surface area contributed by atoms with Crippen LogP contribution in [0.15, 0.2) is 24.3 Å². The summed E-state index contributed by atoms with van der Waals surface area (Å²) in [5, 5.41) is 2.79. The van der Waals surface area contributed by atoms with Gasteiger partial charge >= 0.3 is 0 Å². The van der Waals surface area contributed by atoms with Gasteiger partial charge in [0.05, 0.1) is 18.2 Å². The van der Waals surface area contributed by atoms with Gasteiger partial charge in [0.2, 0.25) is 5.91 Å². The average Bonchev–Trinajstić information content (AvgIpc) is 2.83. The standard InChI is InChI=1S/C13H15NO3/c1-9(15)11-4-2-3-5-12(11)14-13(16)10-6-7-17-8-10/h2-5,10H,6-8H2,1H3,(H,14,16). The van der Waals surface area contributed by atoms with E-state index in [0.717, 1.165) is 6.42 Å². The smallest absolute Gasteiger partial charge is 0.229 e. The van der Waals surface area contributed by atoms with E-state index in [2.05, 4.69) is 5.32 Å². The Bertz CT molecular complexity index is 436. The van der Waals surface area contributed by atoms with Crippen LogP contribution in [0.25, 0.3) is 0 Å². The largest absolute Gasteiger partial charge is 0.381 e. The van der Waals surface area contributed by atoms with Crippen molar-refractivity contribution in [3.63, 3.8) is 0 Å². The summed E-state index contributed by atoms with van der Waals surface area (Å²) in [6.45, 7) is 2.59. The third-order valence-corrected chi connectivity index (χ3v) is 2.86. The minimum absolute atomic E-state index is 0.0522. The summed E-state index contributed by atoms with van der Waals surface area (Å²) in [6.07, 6.45) is 0.744. The highest BCUT2D eigenvalue weighted by atomic mass is 16.5. The Kier molecular flexibility index (Phi) is 3.54. The number of Topliss-reactive ketones (excluding diaryl/α,β-unsaturated/α-hetero) is 1. The number of rotatable bonds is 3. The van der Waals surface area contributed by atoms with Crippen LogP contribution < -0.4 is 5.32 Å². The van der Waals surface area contributed by atoms with Crippen LogP contribution in [0, 0.1) is 5.92 Å². The van der Waals surface area contributed by atoms with Crippen LogP contribution >= 0.6 is 0 Å². The fourth-order valence-corrected chi connectivity index (χ4v) is 1.88. The lowest BCUT2D eigenvalue weighted by Crippen LogP contribution is -2.23. The number of carbonyl (C=O) groups excluding carboxylic acids is 2. The van der Waals surface area contributed by atoms with E-state index >= 15 is 0 Å². The van der Waals surface area contributed by atoms with Crippen molar-refractivity contribution in [3.05, 3.63) is 29.8 Å². The van der Waals surface area contributed by atoms with Gasteiger partial charge in [0.15, 0.2) is 5.78 Å². The number of ether oxygens (including phenoxy) is 1. The number of hydrogen-bond donors (Lipinski definition) is 1. The molecule has 1 heterocycles. The lowest BCUT2D eigenvalue weighted by Gasteiger charge is -2.11. The van der Waals surface area contributed by atoms with Gasteiger partial charge in [-0.1, -0.05) is 12.1 Å². The van der Waals surface area contributed by atoms with Gasteiger partial charge in [-0.15, -0.1) is 0 Å². The van der Waals surface area contributed by atoms with Crippen molar-refractivity contribution >= 4 is 17.4 Å². The maximum absolute atomic E-state index is 11.9. The lowest BCUT2D eigenvalue weighted by molar-refractivity contribution is -0.119. The van der Waals surface area contributed by atoms with Crippen molar-refractivity contribution in [1.82, 2.24) is 0 Å². The quantitative estimate of drug-likeness (QED) is 0.811. The first-order chi connectivity index (χ1) is 8.18. The van der Waals surface area contributed by atoms with E-state index in [4.69, 9.17) is 4.74 Å². The molecule has 4 nitrogen and oxygen atoms in total. The second-order valence-corrected chi connectivity index (χ2v) is 4.15. The number of amides is 1. The van der Waals surface area contributed by atoms with E-state index in [1.807, 2.05) is 0 Å². The first kappa shape index (κ1) is 11.8. The van der Waals surface area contributed by atoms with Crippen molar-refractivity contribution in [1.29, 1.82) is 0 Å². The molecule has 1 saturated heterocycles. The topological polar surface area (TPSA) is 55.4 Å². The molecule has 0 aromatic heterocycles. The fourth-order valence-electron chi connectivity index (χ4n) is 1.88. The minimum atomic E-state index is -0.102. The number of carbonyl (C=O) groups is 2. The van der Waals surface area contributed by atoms with Gasteiger partial charge in [-0.05, 0) is 25.5 Å². The Labute approximate surface area is 100.0 Å². The summed E-state index contributed by atoms with van der Waals surface area (Å²) >= 11 is 0. The van der Waals surface area contributed by atoms with Crippen LogP contribution in [-0.2, 0) is 9.53 Å². The Morgan fingerprint density at radius 1 is 1.35 bits per heavy atom. The van der Waals surface area contributed by atoms with Gasteiger partial charge in [0.25, 0.3) is 0 Å². The van der Waals surface area contributed by atoms with Crippen LogP contribution in [0.3, 0.4) is 0 Å². The molecule has 1 unspecified atom stereocenters. The van der Waals surface area contributed by atoms with Gasteiger partial charge in [-0.25, -0.2) is 0 Å². The molecule has 1 N–H and O–H groups in total. The number of benzene rings is 1. The molecule has 1 aliphatic rings. The van der Waals surface area contributed by atoms with Gasteiger partial charge in [0, 0.05) is 12.2 Å². The highest BCUT2D eigenvalue weighted by Crippen LogP contribution is 2.19. The Hall–Kier alpha value is -1.68. The highest BCUT2D eigenvalue weighted by Gasteiger charge is 2.24. The van der Waals surface area contributed by atoms with Gasteiger partial charge in [-0.3, -0.25) is 9.59 Å². The molecule has 4 heteroatoms. The van der Waals surface area contributed by atoms with Crippen molar-refractivity contribution < 1.29 is 14.3 Å². The molecule has 1 atom stereocenters. The zero-order chi connectivity index (χ0) is 12.3. The van der Waals surface area contributed by atoms with E-state index in [0.29, 0.717) is 24.5 Å². The van der Waals surface area contributed by atoms with Gasteiger partial charge in [-0.2, -0.15) is 0 Å². The van der Waals surface area contributed by atoms with E-state index < -0.39 is 0 Å². The van der Waals surface area contributed by atoms with E-state index in [1.165, 1.54) is 6.92 Å². The zero-order valence-electron chi connectivity index (χ0n) is 9.73. The number of anilines is 1. The SMILES string of the molecule is CC(=O)c1ccccc1NC(=O)C1CCOC1. The van der Waals surface area contributed by atoms with Crippen molar-refractivity contribution in [2.24, 2.45) is 5.92 Å². The maximum atomic E-state index is 11.9. The molecular formula is C13H15NO3. The molecule has 2 rings (SSSR count). The predicted octanol–water partition coefficient (Wildman–Crippen LogP) is 1.86. The maximum Gasteiger partial charge on any atom is 0.229 e. The van der Waals surface area contributed by atoms with Crippen LogP contribution in [0.1, 0.15) is 23.7 Å².